The monoisotopic (exact) mass is 462 g/mol. The summed E-state index contributed by atoms with van der Waals surface area (Å²) in [7, 11) is 0. The fraction of sp³-hybridized carbons (Fsp3) is 0.407. The Balaban J connectivity index is 1.59. The minimum absolute atomic E-state index is 0.0125. The van der Waals surface area contributed by atoms with Crippen LogP contribution in [0.2, 0.25) is 0 Å². The van der Waals surface area contributed by atoms with Crippen molar-refractivity contribution in [3.63, 3.8) is 0 Å². The number of Topliss-reactive ketones (excluding diaryl/α,β-unsaturated/α-hetero) is 1. The molecule has 2 heterocycles. The number of ketones is 1. The first-order valence-electron chi connectivity index (χ1n) is 11.9. The number of aromatic nitrogens is 1. The van der Waals surface area contributed by atoms with Gasteiger partial charge in [-0.1, -0.05) is 49.4 Å². The van der Waals surface area contributed by atoms with Crippen molar-refractivity contribution >= 4 is 23.4 Å². The van der Waals surface area contributed by atoms with E-state index in [1.165, 1.54) is 6.08 Å². The molecular weight excluding hydrogens is 428 g/mol. The van der Waals surface area contributed by atoms with E-state index in [0.717, 1.165) is 37.4 Å². The highest BCUT2D eigenvalue weighted by molar-refractivity contribution is 5.98. The third-order valence-electron chi connectivity index (χ3n) is 6.13. The van der Waals surface area contributed by atoms with Crippen LogP contribution in [0.15, 0.2) is 61.2 Å². The number of amides is 2. The number of nitrogens with zero attached hydrogens (tertiary/aromatic N) is 3. The van der Waals surface area contributed by atoms with E-state index in [1.54, 1.807) is 12.1 Å². The van der Waals surface area contributed by atoms with Gasteiger partial charge in [-0.3, -0.25) is 14.4 Å². The topological polar surface area (TPSA) is 82.6 Å². The SMILES string of the molecule is C=CC(=O)NCCCC[C@H](CC(=O)c1ccccc1)C(=O)N1CCN(c2cccc(C)n2)CC1. The van der Waals surface area contributed by atoms with Gasteiger partial charge in [0.1, 0.15) is 5.82 Å². The van der Waals surface area contributed by atoms with E-state index in [1.807, 2.05) is 48.2 Å². The van der Waals surface area contributed by atoms with Gasteiger partial charge in [-0.05, 0) is 38.0 Å². The molecule has 1 fully saturated rings. The number of unbranched alkanes of at least 4 members (excludes halogenated alkanes) is 1. The number of carbonyl (C=O) groups excluding carboxylic acids is 3. The van der Waals surface area contributed by atoms with Crippen LogP contribution in [0.3, 0.4) is 0 Å². The number of anilines is 1. The standard InChI is InChI=1S/C27H34N4O3/c1-3-26(33)28-15-8-7-13-23(20-24(32)22-11-5-4-6-12-22)27(34)31-18-16-30(17-19-31)25-14-9-10-21(2)29-25/h3-6,9-12,14,23H,1,7-8,13,15-20H2,2H3,(H,28,33)/t23-/m1/s1. The van der Waals surface area contributed by atoms with Crippen molar-refractivity contribution in [1.82, 2.24) is 15.2 Å². The molecule has 2 aromatic rings. The molecule has 1 aromatic heterocycles. The molecule has 0 radical (unpaired) electrons. The lowest BCUT2D eigenvalue weighted by Crippen LogP contribution is -2.50. The lowest BCUT2D eigenvalue weighted by molar-refractivity contribution is -0.136. The molecule has 0 bridgehead atoms. The van der Waals surface area contributed by atoms with Gasteiger partial charge >= 0.3 is 0 Å². The second kappa shape index (κ2) is 12.7. The molecule has 0 spiro atoms. The molecule has 7 heteroatoms. The van der Waals surface area contributed by atoms with Gasteiger partial charge in [0.2, 0.25) is 11.8 Å². The summed E-state index contributed by atoms with van der Waals surface area (Å²) < 4.78 is 0. The van der Waals surface area contributed by atoms with E-state index < -0.39 is 0 Å². The number of aryl methyl sites for hydroxylation is 1. The van der Waals surface area contributed by atoms with Crippen LogP contribution in [-0.4, -0.2) is 60.2 Å². The zero-order chi connectivity index (χ0) is 24.3. The lowest BCUT2D eigenvalue weighted by Gasteiger charge is -2.37. The van der Waals surface area contributed by atoms with Crippen LogP contribution in [0.5, 0.6) is 0 Å². The fourth-order valence-electron chi connectivity index (χ4n) is 4.20. The third kappa shape index (κ3) is 7.27. The van der Waals surface area contributed by atoms with Crippen LogP contribution in [0.1, 0.15) is 41.7 Å². The molecule has 3 rings (SSSR count). The Hall–Kier alpha value is -3.48. The maximum absolute atomic E-state index is 13.4. The van der Waals surface area contributed by atoms with Crippen LogP contribution in [-0.2, 0) is 9.59 Å². The van der Waals surface area contributed by atoms with Crippen molar-refractivity contribution in [2.24, 2.45) is 5.92 Å². The fourth-order valence-corrected chi connectivity index (χ4v) is 4.20. The van der Waals surface area contributed by atoms with E-state index >= 15 is 0 Å². The molecule has 1 aliphatic rings. The molecule has 1 atom stereocenters. The number of piperazine rings is 1. The molecule has 0 saturated carbocycles. The zero-order valence-corrected chi connectivity index (χ0v) is 19.9. The minimum Gasteiger partial charge on any atom is -0.353 e. The maximum Gasteiger partial charge on any atom is 0.243 e. The Bertz CT molecular complexity index is 984. The van der Waals surface area contributed by atoms with Gasteiger partial charge in [-0.25, -0.2) is 4.98 Å². The van der Waals surface area contributed by atoms with E-state index in [-0.39, 0.29) is 29.9 Å². The van der Waals surface area contributed by atoms with Crippen LogP contribution in [0.25, 0.3) is 0 Å². The minimum atomic E-state index is -0.369. The third-order valence-corrected chi connectivity index (χ3v) is 6.13. The average molecular weight is 463 g/mol. The first kappa shape index (κ1) is 25.1. The van der Waals surface area contributed by atoms with Crippen molar-refractivity contribution in [2.45, 2.75) is 32.6 Å². The number of pyridine rings is 1. The highest BCUT2D eigenvalue weighted by atomic mass is 16.2. The molecule has 34 heavy (non-hydrogen) atoms. The molecule has 2 amide bonds. The van der Waals surface area contributed by atoms with Gasteiger partial charge in [-0.15, -0.1) is 0 Å². The van der Waals surface area contributed by atoms with Crippen molar-refractivity contribution in [2.75, 3.05) is 37.6 Å². The number of hydrogen-bond donors (Lipinski definition) is 1. The predicted molar refractivity (Wildman–Crippen MR) is 134 cm³/mol. The number of rotatable bonds is 11. The Kier molecular flexibility index (Phi) is 9.38. The predicted octanol–water partition coefficient (Wildman–Crippen LogP) is 3.40. The molecular formula is C27H34N4O3. The number of benzene rings is 1. The summed E-state index contributed by atoms with van der Waals surface area (Å²) in [5.41, 5.74) is 1.61. The number of carbonyl (C=O) groups is 3. The van der Waals surface area contributed by atoms with Gasteiger partial charge in [0, 0.05) is 56.3 Å². The smallest absolute Gasteiger partial charge is 0.243 e. The van der Waals surface area contributed by atoms with Gasteiger partial charge in [0.25, 0.3) is 0 Å². The molecule has 1 aliphatic heterocycles. The molecule has 1 N–H and O–H groups in total. The highest BCUT2D eigenvalue weighted by Crippen LogP contribution is 2.21. The first-order valence-corrected chi connectivity index (χ1v) is 11.9. The van der Waals surface area contributed by atoms with Crippen LogP contribution >= 0.6 is 0 Å². The summed E-state index contributed by atoms with van der Waals surface area (Å²) in [6.07, 6.45) is 3.55. The molecule has 0 unspecified atom stereocenters. The Morgan fingerprint density at radius 1 is 1.03 bits per heavy atom. The number of hydrogen-bond acceptors (Lipinski definition) is 5. The van der Waals surface area contributed by atoms with Crippen LogP contribution in [0, 0.1) is 12.8 Å². The summed E-state index contributed by atoms with van der Waals surface area (Å²) in [6.45, 7) is 8.60. The van der Waals surface area contributed by atoms with Gasteiger partial charge < -0.3 is 15.1 Å². The summed E-state index contributed by atoms with van der Waals surface area (Å²) in [5, 5.41) is 2.76. The maximum atomic E-state index is 13.4. The van der Waals surface area contributed by atoms with Crippen molar-refractivity contribution in [3.8, 4) is 0 Å². The highest BCUT2D eigenvalue weighted by Gasteiger charge is 2.29. The molecule has 1 saturated heterocycles. The van der Waals surface area contributed by atoms with E-state index in [4.69, 9.17) is 0 Å². The van der Waals surface area contributed by atoms with E-state index in [9.17, 15) is 14.4 Å². The molecule has 7 nitrogen and oxygen atoms in total. The first-order chi connectivity index (χ1) is 16.5. The normalized spacial score (nSPS) is 14.4. The van der Waals surface area contributed by atoms with Gasteiger partial charge in [0.15, 0.2) is 5.78 Å². The second-order valence-corrected chi connectivity index (χ2v) is 8.63. The van der Waals surface area contributed by atoms with Crippen LogP contribution in [0.4, 0.5) is 5.82 Å². The van der Waals surface area contributed by atoms with Crippen molar-refractivity contribution in [3.05, 3.63) is 72.4 Å². The van der Waals surface area contributed by atoms with Crippen molar-refractivity contribution < 1.29 is 14.4 Å². The molecule has 180 valence electrons. The largest absolute Gasteiger partial charge is 0.353 e. The van der Waals surface area contributed by atoms with Gasteiger partial charge in [-0.2, -0.15) is 0 Å². The lowest BCUT2D eigenvalue weighted by atomic mass is 9.92. The Morgan fingerprint density at radius 2 is 1.76 bits per heavy atom. The van der Waals surface area contributed by atoms with Crippen molar-refractivity contribution in [1.29, 1.82) is 0 Å². The second-order valence-electron chi connectivity index (χ2n) is 8.63. The summed E-state index contributed by atoms with van der Waals surface area (Å²) in [4.78, 5) is 46.3. The zero-order valence-electron chi connectivity index (χ0n) is 19.9. The molecule has 1 aromatic carbocycles. The quantitative estimate of drug-likeness (QED) is 0.314. The summed E-state index contributed by atoms with van der Waals surface area (Å²) in [6, 6.07) is 15.1. The summed E-state index contributed by atoms with van der Waals surface area (Å²) in [5.74, 6) is 0.390. The van der Waals surface area contributed by atoms with Gasteiger partial charge in [0.05, 0.1) is 0 Å². The van der Waals surface area contributed by atoms with E-state index in [2.05, 4.69) is 21.8 Å². The number of nitrogens with one attached hydrogen (secondary N) is 1. The summed E-state index contributed by atoms with van der Waals surface area (Å²) >= 11 is 0. The Morgan fingerprint density at radius 3 is 2.44 bits per heavy atom. The molecule has 0 aliphatic carbocycles. The average Bonchev–Trinajstić information content (AvgIpc) is 2.87. The van der Waals surface area contributed by atoms with E-state index in [0.29, 0.717) is 31.6 Å². The van der Waals surface area contributed by atoms with Crippen LogP contribution < -0.4 is 10.2 Å². The Labute approximate surface area is 201 Å².